The normalized spacial score (nSPS) is 31.4. The monoisotopic (exact) mass is 364 g/mol. The van der Waals surface area contributed by atoms with Crippen molar-refractivity contribution in [2.45, 2.75) is 38.5 Å². The van der Waals surface area contributed by atoms with Crippen LogP contribution in [0.1, 0.15) is 48.9 Å². The number of hydrogen-bond acceptors (Lipinski definition) is 3. The molecule has 0 saturated heterocycles. The van der Waals surface area contributed by atoms with Crippen LogP contribution in [0.2, 0.25) is 0 Å². The molecular weight excluding hydrogens is 336 g/mol. The highest BCUT2D eigenvalue weighted by molar-refractivity contribution is 5.97. The summed E-state index contributed by atoms with van der Waals surface area (Å²) in [6, 6.07) is 9.83. The van der Waals surface area contributed by atoms with Gasteiger partial charge in [0.1, 0.15) is 0 Å². The van der Waals surface area contributed by atoms with Crippen LogP contribution in [0.15, 0.2) is 36.5 Å². The lowest BCUT2D eigenvalue weighted by molar-refractivity contribution is -0.0662. The molecule has 2 aromatic rings. The van der Waals surface area contributed by atoms with Gasteiger partial charge in [-0.3, -0.25) is 9.78 Å². The van der Waals surface area contributed by atoms with Gasteiger partial charge in [-0.2, -0.15) is 0 Å². The Morgan fingerprint density at radius 1 is 1.11 bits per heavy atom. The average Bonchev–Trinajstić information content (AvgIpc) is 2.65. The van der Waals surface area contributed by atoms with Gasteiger partial charge >= 0.3 is 0 Å². The SMILES string of the molecule is O=C(c1cnc2ccccc2c1)N(CCO)CC12CC3CC(CC(C3)C1)C2. The summed E-state index contributed by atoms with van der Waals surface area (Å²) in [5, 5.41) is 10.6. The van der Waals surface area contributed by atoms with Crippen LogP contribution in [0, 0.1) is 23.2 Å². The Kier molecular flexibility index (Phi) is 4.19. The lowest BCUT2D eigenvalue weighted by atomic mass is 9.49. The van der Waals surface area contributed by atoms with Crippen LogP contribution >= 0.6 is 0 Å². The number of para-hydroxylation sites is 1. The van der Waals surface area contributed by atoms with Crippen LogP contribution in [-0.4, -0.2) is 40.6 Å². The van der Waals surface area contributed by atoms with E-state index in [4.69, 9.17) is 0 Å². The average molecular weight is 364 g/mol. The summed E-state index contributed by atoms with van der Waals surface area (Å²) < 4.78 is 0. The Labute approximate surface area is 160 Å². The summed E-state index contributed by atoms with van der Waals surface area (Å²) in [5.74, 6) is 2.61. The molecule has 4 saturated carbocycles. The Bertz CT molecular complexity index is 827. The van der Waals surface area contributed by atoms with E-state index in [1.807, 2.05) is 35.2 Å². The first kappa shape index (κ1) is 17.2. The second kappa shape index (κ2) is 6.59. The Morgan fingerprint density at radius 3 is 2.44 bits per heavy atom. The van der Waals surface area contributed by atoms with Gasteiger partial charge in [-0.05, 0) is 73.8 Å². The molecule has 1 heterocycles. The third kappa shape index (κ3) is 3.14. The zero-order valence-electron chi connectivity index (χ0n) is 15.8. The number of carbonyl (C=O) groups is 1. The van der Waals surface area contributed by atoms with Crippen LogP contribution in [0.4, 0.5) is 0 Å². The summed E-state index contributed by atoms with van der Waals surface area (Å²) in [4.78, 5) is 19.6. The molecule has 0 aliphatic heterocycles. The molecule has 142 valence electrons. The molecule has 0 unspecified atom stereocenters. The summed E-state index contributed by atoms with van der Waals surface area (Å²) in [5.41, 5.74) is 1.82. The standard InChI is InChI=1S/C23H28N2O2/c26-6-5-25(15-23-11-16-7-17(12-23)9-18(8-16)13-23)22(27)20-10-19-3-1-2-4-21(19)24-14-20/h1-4,10,14,16-18,26H,5-9,11-13,15H2. The van der Waals surface area contributed by atoms with E-state index in [2.05, 4.69) is 4.98 Å². The minimum absolute atomic E-state index is 0.0121. The van der Waals surface area contributed by atoms with E-state index in [0.717, 1.165) is 35.2 Å². The maximum absolute atomic E-state index is 13.3. The van der Waals surface area contributed by atoms with Gasteiger partial charge in [0.25, 0.3) is 5.91 Å². The number of pyridine rings is 1. The maximum atomic E-state index is 13.3. The van der Waals surface area contributed by atoms with Crippen molar-refractivity contribution in [2.75, 3.05) is 19.7 Å². The molecule has 0 atom stereocenters. The number of benzene rings is 1. The number of aliphatic hydroxyl groups excluding tert-OH is 1. The van der Waals surface area contributed by atoms with Crippen molar-refractivity contribution >= 4 is 16.8 Å². The van der Waals surface area contributed by atoms with Crippen LogP contribution in [0.25, 0.3) is 10.9 Å². The van der Waals surface area contributed by atoms with E-state index in [-0.39, 0.29) is 17.9 Å². The van der Waals surface area contributed by atoms with Gasteiger partial charge in [0, 0.05) is 24.7 Å². The number of nitrogens with zero attached hydrogens (tertiary/aromatic N) is 2. The van der Waals surface area contributed by atoms with E-state index < -0.39 is 0 Å². The molecule has 1 amide bonds. The predicted molar refractivity (Wildman–Crippen MR) is 105 cm³/mol. The van der Waals surface area contributed by atoms with Gasteiger partial charge in [-0.25, -0.2) is 0 Å². The molecule has 4 fully saturated rings. The zero-order chi connectivity index (χ0) is 18.4. The number of hydrogen-bond donors (Lipinski definition) is 1. The van der Waals surface area contributed by atoms with Crippen molar-refractivity contribution in [3.8, 4) is 0 Å². The van der Waals surface area contributed by atoms with E-state index >= 15 is 0 Å². The van der Waals surface area contributed by atoms with Crippen LogP contribution in [-0.2, 0) is 0 Å². The van der Waals surface area contributed by atoms with Crippen molar-refractivity contribution in [2.24, 2.45) is 23.2 Å². The summed E-state index contributed by atoms with van der Waals surface area (Å²) in [6.45, 7) is 1.22. The van der Waals surface area contributed by atoms with Crippen LogP contribution in [0.5, 0.6) is 0 Å². The third-order valence-corrected chi connectivity index (χ3v) is 7.19. The van der Waals surface area contributed by atoms with Gasteiger partial charge < -0.3 is 10.0 Å². The minimum Gasteiger partial charge on any atom is -0.395 e. The number of aliphatic hydroxyl groups is 1. The van der Waals surface area contributed by atoms with E-state index in [0.29, 0.717) is 12.1 Å². The molecule has 6 rings (SSSR count). The van der Waals surface area contributed by atoms with Crippen molar-refractivity contribution in [1.82, 2.24) is 9.88 Å². The number of aromatic nitrogens is 1. The Hall–Kier alpha value is -1.94. The first-order valence-corrected chi connectivity index (χ1v) is 10.4. The second-order valence-electron chi connectivity index (χ2n) is 9.28. The highest BCUT2D eigenvalue weighted by atomic mass is 16.3. The fraction of sp³-hybridized carbons (Fsp3) is 0.565. The smallest absolute Gasteiger partial charge is 0.255 e. The fourth-order valence-electron chi connectivity index (χ4n) is 6.63. The number of amides is 1. The molecule has 4 heteroatoms. The molecule has 4 aliphatic rings. The number of fused-ring (bicyclic) bond motifs is 1. The van der Waals surface area contributed by atoms with Crippen molar-refractivity contribution in [3.63, 3.8) is 0 Å². The topological polar surface area (TPSA) is 53.4 Å². The Morgan fingerprint density at radius 2 is 1.78 bits per heavy atom. The molecule has 1 aromatic heterocycles. The fourth-order valence-corrected chi connectivity index (χ4v) is 6.63. The van der Waals surface area contributed by atoms with Gasteiger partial charge in [0.05, 0.1) is 17.7 Å². The van der Waals surface area contributed by atoms with E-state index in [1.165, 1.54) is 38.5 Å². The lowest BCUT2D eigenvalue weighted by Gasteiger charge is -2.57. The molecule has 1 N–H and O–H groups in total. The zero-order valence-corrected chi connectivity index (χ0v) is 15.8. The molecule has 0 spiro atoms. The van der Waals surface area contributed by atoms with E-state index in [9.17, 15) is 9.90 Å². The van der Waals surface area contributed by atoms with Crippen molar-refractivity contribution in [1.29, 1.82) is 0 Å². The first-order valence-electron chi connectivity index (χ1n) is 10.4. The van der Waals surface area contributed by atoms with Crippen molar-refractivity contribution < 1.29 is 9.90 Å². The maximum Gasteiger partial charge on any atom is 0.255 e. The molecule has 0 radical (unpaired) electrons. The molecule has 4 bridgehead atoms. The molecular formula is C23H28N2O2. The summed E-state index contributed by atoms with van der Waals surface area (Å²) in [7, 11) is 0. The van der Waals surface area contributed by atoms with Gasteiger partial charge in [0.2, 0.25) is 0 Å². The predicted octanol–water partition coefficient (Wildman–Crippen LogP) is 3.89. The minimum atomic E-state index is 0.0121. The highest BCUT2D eigenvalue weighted by Crippen LogP contribution is 2.60. The molecule has 4 aliphatic carbocycles. The lowest BCUT2D eigenvalue weighted by Crippen LogP contribution is -2.52. The second-order valence-corrected chi connectivity index (χ2v) is 9.28. The van der Waals surface area contributed by atoms with Gasteiger partial charge in [-0.15, -0.1) is 0 Å². The molecule has 4 nitrogen and oxygen atoms in total. The van der Waals surface area contributed by atoms with Crippen LogP contribution in [0.3, 0.4) is 0 Å². The summed E-state index contributed by atoms with van der Waals surface area (Å²) >= 11 is 0. The van der Waals surface area contributed by atoms with Crippen molar-refractivity contribution in [3.05, 3.63) is 42.1 Å². The number of carbonyl (C=O) groups excluding carboxylic acids is 1. The highest BCUT2D eigenvalue weighted by Gasteiger charge is 2.51. The van der Waals surface area contributed by atoms with Gasteiger partial charge in [0.15, 0.2) is 0 Å². The summed E-state index contributed by atoms with van der Waals surface area (Å²) in [6.07, 6.45) is 9.71. The Balaban J connectivity index is 1.40. The number of rotatable bonds is 5. The van der Waals surface area contributed by atoms with Crippen LogP contribution < -0.4 is 0 Å². The largest absolute Gasteiger partial charge is 0.395 e. The molecule has 27 heavy (non-hydrogen) atoms. The van der Waals surface area contributed by atoms with E-state index in [1.54, 1.807) is 6.20 Å². The third-order valence-electron chi connectivity index (χ3n) is 7.19. The molecule has 1 aromatic carbocycles. The quantitative estimate of drug-likeness (QED) is 0.876. The first-order chi connectivity index (χ1) is 13.1. The van der Waals surface area contributed by atoms with Gasteiger partial charge in [-0.1, -0.05) is 18.2 Å².